The lowest BCUT2D eigenvalue weighted by Crippen LogP contribution is -2.30. The Hall–Kier alpha value is -2.96. The van der Waals surface area contributed by atoms with Gasteiger partial charge in [-0.1, -0.05) is 60.7 Å². The van der Waals surface area contributed by atoms with E-state index in [9.17, 15) is 0 Å². The lowest BCUT2D eigenvalue weighted by atomic mass is 10.1. The molecule has 6 rings (SSSR count). The van der Waals surface area contributed by atoms with Crippen molar-refractivity contribution in [1.29, 1.82) is 0 Å². The highest BCUT2D eigenvalue weighted by Crippen LogP contribution is 2.44. The first-order valence-corrected chi connectivity index (χ1v) is 10.5. The summed E-state index contributed by atoms with van der Waals surface area (Å²) >= 11 is 0. The van der Waals surface area contributed by atoms with E-state index < -0.39 is 7.92 Å². The van der Waals surface area contributed by atoms with Gasteiger partial charge >= 0.3 is 0 Å². The van der Waals surface area contributed by atoms with Gasteiger partial charge in [-0.25, -0.2) is 4.98 Å². The number of pyridine rings is 1. The average molecular weight is 364 g/mol. The van der Waals surface area contributed by atoms with Crippen LogP contribution in [0.25, 0.3) is 27.6 Å². The maximum absolute atomic E-state index is 4.85. The molecule has 1 unspecified atom stereocenters. The van der Waals surface area contributed by atoms with Crippen molar-refractivity contribution in [3.63, 3.8) is 0 Å². The number of hydrogen-bond donors (Lipinski definition) is 0. The fourth-order valence-corrected chi connectivity index (χ4v) is 6.83. The van der Waals surface area contributed by atoms with Crippen LogP contribution in [0.1, 0.15) is 5.56 Å². The van der Waals surface area contributed by atoms with E-state index in [0.717, 1.165) is 5.82 Å². The van der Waals surface area contributed by atoms with E-state index in [1.165, 1.54) is 43.3 Å². The monoisotopic (exact) mass is 364 g/mol. The second kappa shape index (κ2) is 5.52. The number of hydrogen-bond acceptors (Lipinski definition) is 1. The average Bonchev–Trinajstić information content (AvgIpc) is 3.04. The molecule has 128 valence electrons. The van der Waals surface area contributed by atoms with Crippen LogP contribution in [0.4, 0.5) is 0 Å². The number of nitrogens with zero attached hydrogens (tertiary/aromatic N) is 2. The quantitative estimate of drug-likeness (QED) is 0.391. The third-order valence-electron chi connectivity index (χ3n) is 5.40. The van der Waals surface area contributed by atoms with E-state index in [0.29, 0.717) is 0 Å². The van der Waals surface area contributed by atoms with E-state index >= 15 is 0 Å². The predicted octanol–water partition coefficient (Wildman–Crippen LogP) is 4.56. The van der Waals surface area contributed by atoms with Gasteiger partial charge in [0.2, 0.25) is 0 Å². The topological polar surface area (TPSA) is 17.8 Å². The van der Waals surface area contributed by atoms with Gasteiger partial charge in [0.1, 0.15) is 5.82 Å². The molecule has 0 saturated heterocycles. The van der Waals surface area contributed by atoms with E-state index in [-0.39, 0.29) is 0 Å². The Bertz CT molecular complexity index is 1340. The molecule has 1 atom stereocenters. The van der Waals surface area contributed by atoms with Gasteiger partial charge in [0.15, 0.2) is 0 Å². The summed E-state index contributed by atoms with van der Waals surface area (Å²) in [6.07, 6.45) is 1.92. The molecule has 27 heavy (non-hydrogen) atoms. The Balaban J connectivity index is 1.84. The van der Waals surface area contributed by atoms with Gasteiger partial charge in [-0.3, -0.25) is 4.57 Å². The summed E-state index contributed by atoms with van der Waals surface area (Å²) in [5.74, 6) is 1.08. The lowest BCUT2D eigenvalue weighted by molar-refractivity contribution is 1.09. The van der Waals surface area contributed by atoms with Crippen molar-refractivity contribution in [2.24, 2.45) is 0 Å². The zero-order valence-corrected chi connectivity index (χ0v) is 15.8. The Kier molecular flexibility index (Phi) is 3.09. The molecule has 0 radical (unpaired) electrons. The number of aryl methyl sites for hydroxylation is 1. The zero-order chi connectivity index (χ0) is 18.0. The summed E-state index contributed by atoms with van der Waals surface area (Å²) < 4.78 is 2.38. The summed E-state index contributed by atoms with van der Waals surface area (Å²) in [7, 11) is -0.616. The zero-order valence-electron chi connectivity index (χ0n) is 14.9. The van der Waals surface area contributed by atoms with Gasteiger partial charge in [0.05, 0.1) is 11.0 Å². The minimum Gasteiger partial charge on any atom is -0.293 e. The highest BCUT2D eigenvalue weighted by atomic mass is 31.1. The standard InChI is InChI=1S/C24H17N2P/c1-16-12-13-18-19-9-5-10-21-23(19)26(20(18)15-16)24-22(11-6-14-25-24)27(21)17-7-3-2-4-8-17/h2-15H,1H3. The van der Waals surface area contributed by atoms with E-state index in [2.05, 4.69) is 90.4 Å². The predicted molar refractivity (Wildman–Crippen MR) is 116 cm³/mol. The first-order chi connectivity index (χ1) is 13.3. The van der Waals surface area contributed by atoms with Crippen molar-refractivity contribution in [2.75, 3.05) is 0 Å². The maximum atomic E-state index is 4.85. The lowest BCUT2D eigenvalue weighted by Gasteiger charge is -2.28. The van der Waals surface area contributed by atoms with Crippen molar-refractivity contribution in [3.05, 3.63) is 90.6 Å². The molecule has 1 aliphatic rings. The molecule has 3 heteroatoms. The summed E-state index contributed by atoms with van der Waals surface area (Å²) in [4.78, 5) is 4.85. The minimum atomic E-state index is -0.616. The van der Waals surface area contributed by atoms with Crippen molar-refractivity contribution in [1.82, 2.24) is 9.55 Å². The van der Waals surface area contributed by atoms with Crippen molar-refractivity contribution in [2.45, 2.75) is 6.92 Å². The normalized spacial score (nSPS) is 15.2. The van der Waals surface area contributed by atoms with Crippen molar-refractivity contribution >= 4 is 45.6 Å². The number of para-hydroxylation sites is 1. The molecule has 0 amide bonds. The first kappa shape index (κ1) is 15.1. The molecule has 2 nitrogen and oxygen atoms in total. The van der Waals surface area contributed by atoms with Gasteiger partial charge in [0, 0.05) is 27.6 Å². The summed E-state index contributed by atoms with van der Waals surface area (Å²) in [5.41, 5.74) is 3.84. The van der Waals surface area contributed by atoms with Crippen LogP contribution in [0.2, 0.25) is 0 Å². The molecule has 3 heterocycles. The molecule has 5 aromatic rings. The summed E-state index contributed by atoms with van der Waals surface area (Å²) in [5, 5.41) is 6.75. The largest absolute Gasteiger partial charge is 0.293 e. The van der Waals surface area contributed by atoms with Crippen LogP contribution in [-0.4, -0.2) is 9.55 Å². The van der Waals surface area contributed by atoms with E-state index in [1.807, 2.05) is 6.20 Å². The van der Waals surface area contributed by atoms with Crippen LogP contribution in [0.5, 0.6) is 0 Å². The third kappa shape index (κ3) is 2.02. The molecular formula is C24H17N2P. The SMILES string of the molecule is Cc1ccc2c3cccc4c3n(c2c1)-c1ncccc1P4c1ccccc1. The van der Waals surface area contributed by atoms with Crippen LogP contribution in [0.3, 0.4) is 0 Å². The van der Waals surface area contributed by atoms with Gasteiger partial charge in [-0.05, 0) is 43.9 Å². The van der Waals surface area contributed by atoms with Crippen LogP contribution >= 0.6 is 7.92 Å². The van der Waals surface area contributed by atoms with Gasteiger partial charge in [0.25, 0.3) is 0 Å². The molecule has 3 aromatic carbocycles. The molecular weight excluding hydrogens is 347 g/mol. The number of rotatable bonds is 1. The number of aromatic nitrogens is 2. The van der Waals surface area contributed by atoms with Crippen LogP contribution in [0, 0.1) is 6.92 Å². The van der Waals surface area contributed by atoms with Crippen LogP contribution in [0.15, 0.2) is 85.1 Å². The molecule has 0 N–H and O–H groups in total. The summed E-state index contributed by atoms with van der Waals surface area (Å²) in [6.45, 7) is 2.16. The highest BCUT2D eigenvalue weighted by Gasteiger charge is 2.30. The molecule has 2 aromatic heterocycles. The van der Waals surface area contributed by atoms with Crippen molar-refractivity contribution in [3.8, 4) is 5.82 Å². The first-order valence-electron chi connectivity index (χ1n) is 9.17. The fourth-order valence-electron chi connectivity index (χ4n) is 4.28. The van der Waals surface area contributed by atoms with Crippen LogP contribution in [-0.2, 0) is 0 Å². The molecule has 0 saturated carbocycles. The van der Waals surface area contributed by atoms with Gasteiger partial charge in [-0.15, -0.1) is 0 Å². The molecule has 0 bridgehead atoms. The third-order valence-corrected chi connectivity index (χ3v) is 7.88. The minimum absolute atomic E-state index is 0.616. The van der Waals surface area contributed by atoms with Crippen LogP contribution < -0.4 is 15.9 Å². The van der Waals surface area contributed by atoms with Crippen molar-refractivity contribution < 1.29 is 0 Å². The summed E-state index contributed by atoms with van der Waals surface area (Å²) in [6, 6.07) is 28.7. The Morgan fingerprint density at radius 1 is 0.778 bits per heavy atom. The van der Waals surface area contributed by atoms with Gasteiger partial charge in [-0.2, -0.15) is 0 Å². The number of benzene rings is 3. The fraction of sp³-hybridized carbons (Fsp3) is 0.0417. The second-order valence-electron chi connectivity index (χ2n) is 7.05. The van der Waals surface area contributed by atoms with E-state index in [1.54, 1.807) is 0 Å². The molecule has 0 spiro atoms. The highest BCUT2D eigenvalue weighted by molar-refractivity contribution is 7.80. The molecule has 0 aliphatic carbocycles. The smallest absolute Gasteiger partial charge is 0.145 e. The van der Waals surface area contributed by atoms with E-state index in [4.69, 9.17) is 4.98 Å². The Labute approximate surface area is 158 Å². The van der Waals surface area contributed by atoms with Gasteiger partial charge < -0.3 is 0 Å². The second-order valence-corrected chi connectivity index (χ2v) is 9.20. The molecule has 0 fully saturated rings. The maximum Gasteiger partial charge on any atom is 0.145 e. The molecule has 1 aliphatic heterocycles. The number of fused-ring (bicyclic) bond motifs is 5. The Morgan fingerprint density at radius 3 is 2.52 bits per heavy atom. The Morgan fingerprint density at radius 2 is 1.63 bits per heavy atom.